The van der Waals surface area contributed by atoms with Crippen LogP contribution in [0, 0.1) is 0 Å². The number of benzene rings is 2. The molecule has 0 bridgehead atoms. The summed E-state index contributed by atoms with van der Waals surface area (Å²) in [6.07, 6.45) is 4.27. The monoisotopic (exact) mass is 463 g/mol. The Morgan fingerprint density at radius 2 is 2.03 bits per heavy atom. The summed E-state index contributed by atoms with van der Waals surface area (Å²) in [7, 11) is 0. The van der Waals surface area contributed by atoms with Gasteiger partial charge in [0.05, 0.1) is 0 Å². The van der Waals surface area contributed by atoms with E-state index in [4.69, 9.17) is 9.97 Å². The van der Waals surface area contributed by atoms with Gasteiger partial charge in [0.2, 0.25) is 0 Å². The van der Waals surface area contributed by atoms with Gasteiger partial charge in [-0.2, -0.15) is 0 Å². The Morgan fingerprint density at radius 3 is 2.83 bits per heavy atom. The third kappa shape index (κ3) is 3.58. The molecule has 4 nitrogen and oxygen atoms in total. The van der Waals surface area contributed by atoms with Crippen LogP contribution in [-0.4, -0.2) is 38.8 Å². The molecule has 0 saturated heterocycles. The van der Waals surface area contributed by atoms with Crippen molar-refractivity contribution in [1.82, 2.24) is 15.3 Å². The topological polar surface area (TPSA) is 54.9 Å². The summed E-state index contributed by atoms with van der Waals surface area (Å²) in [5.74, 6) is 0.0118. The van der Waals surface area contributed by atoms with E-state index in [1.807, 2.05) is 24.3 Å². The van der Waals surface area contributed by atoms with Crippen LogP contribution in [-0.2, 0) is 6.42 Å². The molecule has 1 aliphatic carbocycles. The number of thiazole rings is 1. The quantitative estimate of drug-likeness (QED) is 0.460. The second kappa shape index (κ2) is 7.55. The average molecular weight is 463 g/mol. The van der Waals surface area contributed by atoms with Gasteiger partial charge in [-0.25, -0.2) is 0 Å². The summed E-state index contributed by atoms with van der Waals surface area (Å²) in [5, 5.41) is 5.43. The van der Waals surface area contributed by atoms with Crippen molar-refractivity contribution >= 4 is 59.7 Å². The normalized spacial score (nSPS) is 13.9. The summed E-state index contributed by atoms with van der Waals surface area (Å²) in [4.78, 5) is 22.4. The molecule has 0 spiro atoms. The van der Waals surface area contributed by atoms with Crippen LogP contribution in [0.25, 0.3) is 32.2 Å². The van der Waals surface area contributed by atoms with Crippen LogP contribution in [0.1, 0.15) is 41.6 Å². The molecule has 1 unspecified atom stereocenters. The standard InChI is InChI=1S/C23H22AsN3OS/c1-2-5-19-27-20-21(29-19)17-11-8-13(12-18(17)26-22(20)24)15-6-3-4-7-16(15)23(28)25-14-9-10-14/h3-4,6-8,11-12,14H,2,5,9-10,24H2,1H3,(H,25,28). The van der Waals surface area contributed by atoms with Crippen molar-refractivity contribution in [2.45, 2.75) is 38.6 Å². The fourth-order valence-electron chi connectivity index (χ4n) is 3.63. The Labute approximate surface area is 182 Å². The van der Waals surface area contributed by atoms with Crippen LogP contribution in [0.3, 0.4) is 0 Å². The molecule has 1 aliphatic rings. The molecule has 29 heavy (non-hydrogen) atoms. The summed E-state index contributed by atoms with van der Waals surface area (Å²) in [5.41, 5.74) is 4.72. The number of carbonyl (C=O) groups is 1. The molecule has 1 amide bonds. The number of fused-ring (bicyclic) bond motifs is 3. The van der Waals surface area contributed by atoms with Crippen molar-refractivity contribution in [3.05, 3.63) is 53.0 Å². The minimum absolute atomic E-state index is 0.0118. The van der Waals surface area contributed by atoms with Gasteiger partial charge in [-0.05, 0) is 0 Å². The third-order valence-corrected chi connectivity index (χ3v) is 7.25. The Morgan fingerprint density at radius 1 is 1.21 bits per heavy atom. The molecule has 6 heteroatoms. The number of hydrogen-bond acceptors (Lipinski definition) is 4. The van der Waals surface area contributed by atoms with Crippen molar-refractivity contribution in [1.29, 1.82) is 0 Å². The van der Waals surface area contributed by atoms with Crippen LogP contribution >= 0.6 is 11.3 Å². The fraction of sp³-hybridized carbons (Fsp3) is 0.261. The zero-order valence-corrected chi connectivity index (χ0v) is 19.5. The summed E-state index contributed by atoms with van der Waals surface area (Å²) in [6.45, 7) is 2.18. The average Bonchev–Trinajstić information content (AvgIpc) is 3.43. The van der Waals surface area contributed by atoms with E-state index in [-0.39, 0.29) is 5.91 Å². The Kier molecular flexibility index (Phi) is 4.89. The van der Waals surface area contributed by atoms with E-state index < -0.39 is 0 Å². The number of nitrogens with one attached hydrogen (secondary N) is 1. The summed E-state index contributed by atoms with van der Waals surface area (Å²) in [6, 6.07) is 14.5. The predicted octanol–water partition coefficient (Wildman–Crippen LogP) is 3.61. The third-order valence-electron chi connectivity index (χ3n) is 5.26. The summed E-state index contributed by atoms with van der Waals surface area (Å²) >= 11 is 3.29. The number of aromatic nitrogens is 2. The maximum absolute atomic E-state index is 12.7. The predicted molar refractivity (Wildman–Crippen MR) is 123 cm³/mol. The molecule has 1 saturated carbocycles. The molecule has 0 radical (unpaired) electrons. The number of hydrogen-bond donors (Lipinski definition) is 1. The van der Waals surface area contributed by atoms with Gasteiger partial charge in [-0.3, -0.25) is 0 Å². The van der Waals surface area contributed by atoms with Gasteiger partial charge in [0.25, 0.3) is 0 Å². The molecule has 0 aliphatic heterocycles. The van der Waals surface area contributed by atoms with Gasteiger partial charge in [0.1, 0.15) is 0 Å². The summed E-state index contributed by atoms with van der Waals surface area (Å²) < 4.78 is 2.25. The fourth-order valence-corrected chi connectivity index (χ4v) is 5.79. The molecule has 1 fully saturated rings. The first-order valence-electron chi connectivity index (χ1n) is 10.0. The number of pyridine rings is 1. The van der Waals surface area contributed by atoms with Gasteiger partial charge in [0.15, 0.2) is 0 Å². The molecule has 2 aromatic heterocycles. The van der Waals surface area contributed by atoms with Crippen LogP contribution in [0.15, 0.2) is 42.5 Å². The molecule has 1 atom stereocenters. The zero-order chi connectivity index (χ0) is 20.0. The van der Waals surface area contributed by atoms with Crippen molar-refractivity contribution in [2.75, 3.05) is 0 Å². The molecule has 4 aromatic rings. The van der Waals surface area contributed by atoms with Crippen molar-refractivity contribution in [2.24, 2.45) is 0 Å². The Hall–Kier alpha value is -2.23. The van der Waals surface area contributed by atoms with Gasteiger partial charge >= 0.3 is 183 Å². The molecular formula is C23H22AsN3OS. The Bertz CT molecular complexity index is 1250. The van der Waals surface area contributed by atoms with Crippen molar-refractivity contribution in [3.63, 3.8) is 0 Å². The van der Waals surface area contributed by atoms with E-state index in [1.54, 1.807) is 11.3 Å². The zero-order valence-electron chi connectivity index (χ0n) is 16.2. The maximum atomic E-state index is 12.7. The molecule has 2 heterocycles. The number of rotatable bonds is 5. The first kappa shape index (κ1) is 18.8. The van der Waals surface area contributed by atoms with E-state index in [9.17, 15) is 4.79 Å². The molecule has 2 aromatic carbocycles. The number of nitrogens with zero attached hydrogens (tertiary/aromatic N) is 2. The van der Waals surface area contributed by atoms with E-state index in [2.05, 4.69) is 30.4 Å². The first-order valence-corrected chi connectivity index (χ1v) is 12.1. The van der Waals surface area contributed by atoms with Gasteiger partial charge in [-0.1, -0.05) is 0 Å². The first-order chi connectivity index (χ1) is 14.1. The van der Waals surface area contributed by atoms with Gasteiger partial charge in [-0.15, -0.1) is 0 Å². The van der Waals surface area contributed by atoms with E-state index >= 15 is 0 Å². The molecule has 5 rings (SSSR count). The molecule has 1 N–H and O–H groups in total. The SMILES string of the molecule is CCCc1nc2c([AsH2])nc3cc(-c4ccccc4C(=O)NC4CC4)ccc3c2s1. The number of carbonyl (C=O) groups excluding carboxylic acids is 1. The molecular weight excluding hydrogens is 441 g/mol. The van der Waals surface area contributed by atoms with Crippen molar-refractivity contribution in [3.8, 4) is 11.1 Å². The number of amides is 1. The molecule has 146 valence electrons. The van der Waals surface area contributed by atoms with Crippen LogP contribution < -0.4 is 9.80 Å². The van der Waals surface area contributed by atoms with Crippen molar-refractivity contribution < 1.29 is 4.79 Å². The number of aryl methyl sites for hydroxylation is 1. The Balaban J connectivity index is 1.62. The minimum atomic E-state index is 0.0118. The van der Waals surface area contributed by atoms with Gasteiger partial charge in [0, 0.05) is 0 Å². The van der Waals surface area contributed by atoms with E-state index in [1.165, 1.54) is 26.6 Å². The van der Waals surface area contributed by atoms with Crippen LogP contribution in [0.2, 0.25) is 0 Å². The second-order valence-electron chi connectivity index (χ2n) is 7.56. The van der Waals surface area contributed by atoms with E-state index in [0.717, 1.165) is 63.3 Å². The van der Waals surface area contributed by atoms with Crippen LogP contribution in [0.4, 0.5) is 0 Å². The van der Waals surface area contributed by atoms with Crippen LogP contribution in [0.5, 0.6) is 0 Å². The van der Waals surface area contributed by atoms with E-state index in [0.29, 0.717) is 6.04 Å². The second-order valence-corrected chi connectivity index (χ2v) is 9.79. The van der Waals surface area contributed by atoms with Gasteiger partial charge < -0.3 is 0 Å².